The average Bonchev–Trinajstić information content (AvgIpc) is 2.54. The van der Waals surface area contributed by atoms with Gasteiger partial charge in [-0.3, -0.25) is 4.79 Å². The van der Waals surface area contributed by atoms with E-state index < -0.39 is 0 Å². The van der Waals surface area contributed by atoms with Crippen LogP contribution < -0.4 is 15.4 Å². The molecule has 0 radical (unpaired) electrons. The highest BCUT2D eigenvalue weighted by Crippen LogP contribution is 2.28. The van der Waals surface area contributed by atoms with Gasteiger partial charge >= 0.3 is 0 Å². The third-order valence-corrected chi connectivity index (χ3v) is 3.98. The largest absolute Gasteiger partial charge is 0.496 e. The maximum Gasteiger partial charge on any atom is 0.252 e. The van der Waals surface area contributed by atoms with Gasteiger partial charge in [0.15, 0.2) is 0 Å². The minimum atomic E-state index is -0.0115. The highest BCUT2D eigenvalue weighted by Gasteiger charge is 2.18. The van der Waals surface area contributed by atoms with E-state index in [1.807, 2.05) is 36.4 Å². The smallest absolute Gasteiger partial charge is 0.252 e. The number of hydrogen-bond donors (Lipinski definition) is 2. The van der Waals surface area contributed by atoms with Crippen molar-refractivity contribution in [2.45, 2.75) is 18.9 Å². The predicted molar refractivity (Wildman–Crippen MR) is 83.9 cm³/mol. The van der Waals surface area contributed by atoms with E-state index in [0.29, 0.717) is 5.56 Å². The summed E-state index contributed by atoms with van der Waals surface area (Å²) in [5, 5.41) is 8.33. The first-order valence-electron chi connectivity index (χ1n) is 7.37. The average molecular weight is 284 g/mol. The van der Waals surface area contributed by atoms with Crippen molar-refractivity contribution in [3.8, 4) is 5.75 Å². The Balaban J connectivity index is 1.91. The van der Waals surface area contributed by atoms with Gasteiger partial charge in [0.25, 0.3) is 5.91 Å². The fraction of sp³-hybridized carbons (Fsp3) is 0.353. The van der Waals surface area contributed by atoms with Gasteiger partial charge in [-0.2, -0.15) is 0 Å². The number of rotatable bonds is 3. The molecule has 21 heavy (non-hydrogen) atoms. The van der Waals surface area contributed by atoms with Gasteiger partial charge in [-0.15, -0.1) is 0 Å². The molecule has 1 aliphatic heterocycles. The molecule has 1 unspecified atom stereocenters. The van der Waals surface area contributed by atoms with Crippen LogP contribution >= 0.6 is 0 Å². The van der Waals surface area contributed by atoms with Gasteiger partial charge < -0.3 is 15.4 Å². The Labute approximate surface area is 124 Å². The topological polar surface area (TPSA) is 50.4 Å². The molecule has 0 aliphatic carbocycles. The van der Waals surface area contributed by atoms with E-state index in [2.05, 4.69) is 10.6 Å². The molecule has 4 nitrogen and oxygen atoms in total. The number of carbonyl (C=O) groups is 1. The number of hydrogen-bond acceptors (Lipinski definition) is 3. The van der Waals surface area contributed by atoms with Gasteiger partial charge in [0.1, 0.15) is 5.75 Å². The lowest BCUT2D eigenvalue weighted by Gasteiger charge is -2.24. The third kappa shape index (κ3) is 2.85. The molecule has 1 fully saturated rings. The van der Waals surface area contributed by atoms with Gasteiger partial charge in [0.2, 0.25) is 0 Å². The number of nitrogens with one attached hydrogen (secondary N) is 2. The van der Waals surface area contributed by atoms with Crippen LogP contribution in [0.1, 0.15) is 23.2 Å². The van der Waals surface area contributed by atoms with Crippen molar-refractivity contribution in [2.24, 2.45) is 0 Å². The summed E-state index contributed by atoms with van der Waals surface area (Å²) in [7, 11) is 1.65. The Kier molecular flexibility index (Phi) is 4.06. The van der Waals surface area contributed by atoms with Crippen LogP contribution in [-0.2, 0) is 0 Å². The molecule has 1 saturated heterocycles. The normalized spacial score (nSPS) is 18.4. The highest BCUT2D eigenvalue weighted by molar-refractivity contribution is 6.08. The lowest BCUT2D eigenvalue weighted by Crippen LogP contribution is -2.45. The van der Waals surface area contributed by atoms with E-state index in [9.17, 15) is 4.79 Å². The standard InChI is InChI=1S/C17H20N2O2/c1-21-16-9-8-15(13-6-2-3-7-14(13)16)17(20)19-12-5-4-10-18-11-12/h2-3,6-9,12,18H,4-5,10-11H2,1H3,(H,19,20). The van der Waals surface area contributed by atoms with Crippen LogP contribution in [0.2, 0.25) is 0 Å². The molecule has 1 atom stereocenters. The summed E-state index contributed by atoms with van der Waals surface area (Å²) in [6, 6.07) is 11.8. The quantitative estimate of drug-likeness (QED) is 0.909. The van der Waals surface area contributed by atoms with E-state index >= 15 is 0 Å². The van der Waals surface area contributed by atoms with Crippen molar-refractivity contribution in [1.29, 1.82) is 0 Å². The SMILES string of the molecule is COc1ccc(C(=O)NC2CCCNC2)c2ccccc12. The molecule has 0 spiro atoms. The summed E-state index contributed by atoms with van der Waals surface area (Å²) >= 11 is 0. The summed E-state index contributed by atoms with van der Waals surface area (Å²) in [6.45, 7) is 1.89. The number of fused-ring (bicyclic) bond motifs is 1. The molecule has 0 bridgehead atoms. The van der Waals surface area contributed by atoms with Crippen LogP contribution in [0.4, 0.5) is 0 Å². The molecular formula is C17H20N2O2. The zero-order valence-electron chi connectivity index (χ0n) is 12.2. The van der Waals surface area contributed by atoms with Gasteiger partial charge in [-0.05, 0) is 36.9 Å². The Morgan fingerprint density at radius 1 is 1.24 bits per heavy atom. The van der Waals surface area contributed by atoms with Crippen molar-refractivity contribution in [3.63, 3.8) is 0 Å². The number of piperidine rings is 1. The summed E-state index contributed by atoms with van der Waals surface area (Å²) in [5.41, 5.74) is 0.706. The molecule has 3 rings (SSSR count). The van der Waals surface area contributed by atoms with Crippen LogP contribution in [0, 0.1) is 0 Å². The highest BCUT2D eigenvalue weighted by atomic mass is 16.5. The molecule has 1 heterocycles. The molecule has 4 heteroatoms. The number of amides is 1. The molecule has 1 aliphatic rings. The first-order chi connectivity index (χ1) is 10.3. The lowest BCUT2D eigenvalue weighted by atomic mass is 10.0. The minimum Gasteiger partial charge on any atom is -0.496 e. The van der Waals surface area contributed by atoms with Gasteiger partial charge in [0, 0.05) is 23.5 Å². The summed E-state index contributed by atoms with van der Waals surface area (Å²) in [5.74, 6) is 0.782. The Morgan fingerprint density at radius 2 is 2.05 bits per heavy atom. The summed E-state index contributed by atoms with van der Waals surface area (Å²) in [6.07, 6.45) is 2.14. The van der Waals surface area contributed by atoms with E-state index in [-0.39, 0.29) is 11.9 Å². The van der Waals surface area contributed by atoms with Crippen molar-refractivity contribution < 1.29 is 9.53 Å². The van der Waals surface area contributed by atoms with Crippen molar-refractivity contribution >= 4 is 16.7 Å². The second-order valence-corrected chi connectivity index (χ2v) is 5.38. The molecule has 2 aromatic rings. The molecule has 2 N–H and O–H groups in total. The van der Waals surface area contributed by atoms with Gasteiger partial charge in [0.05, 0.1) is 7.11 Å². The fourth-order valence-electron chi connectivity index (χ4n) is 2.89. The Bertz CT molecular complexity index is 648. The van der Waals surface area contributed by atoms with Gasteiger partial charge in [-0.1, -0.05) is 24.3 Å². The summed E-state index contributed by atoms with van der Waals surface area (Å²) in [4.78, 5) is 12.5. The minimum absolute atomic E-state index is 0.0115. The number of methoxy groups -OCH3 is 1. The van der Waals surface area contributed by atoms with Crippen LogP contribution in [0.5, 0.6) is 5.75 Å². The fourth-order valence-corrected chi connectivity index (χ4v) is 2.89. The lowest BCUT2D eigenvalue weighted by molar-refractivity contribution is 0.0932. The molecule has 2 aromatic carbocycles. The first-order valence-corrected chi connectivity index (χ1v) is 7.37. The van der Waals surface area contributed by atoms with Crippen LogP contribution in [-0.4, -0.2) is 32.1 Å². The van der Waals surface area contributed by atoms with E-state index in [1.165, 1.54) is 0 Å². The van der Waals surface area contributed by atoms with E-state index in [4.69, 9.17) is 4.74 Å². The monoisotopic (exact) mass is 284 g/mol. The summed E-state index contributed by atoms with van der Waals surface area (Å²) < 4.78 is 5.37. The second-order valence-electron chi connectivity index (χ2n) is 5.38. The molecule has 0 aromatic heterocycles. The van der Waals surface area contributed by atoms with Crippen LogP contribution in [0.3, 0.4) is 0 Å². The number of benzene rings is 2. The van der Waals surface area contributed by atoms with Crippen LogP contribution in [0.25, 0.3) is 10.8 Å². The van der Waals surface area contributed by atoms with Crippen LogP contribution in [0.15, 0.2) is 36.4 Å². The maximum atomic E-state index is 12.5. The van der Waals surface area contributed by atoms with Crippen molar-refractivity contribution in [3.05, 3.63) is 42.0 Å². The zero-order valence-corrected chi connectivity index (χ0v) is 12.2. The van der Waals surface area contributed by atoms with E-state index in [0.717, 1.165) is 42.5 Å². The molecule has 1 amide bonds. The molecule has 0 saturated carbocycles. The van der Waals surface area contributed by atoms with Gasteiger partial charge in [-0.25, -0.2) is 0 Å². The van der Waals surface area contributed by atoms with E-state index in [1.54, 1.807) is 7.11 Å². The van der Waals surface area contributed by atoms with Crippen molar-refractivity contribution in [1.82, 2.24) is 10.6 Å². The Hall–Kier alpha value is -2.07. The number of carbonyl (C=O) groups excluding carboxylic acids is 1. The maximum absolute atomic E-state index is 12.5. The zero-order chi connectivity index (χ0) is 14.7. The molecular weight excluding hydrogens is 264 g/mol. The third-order valence-electron chi connectivity index (χ3n) is 3.98. The van der Waals surface area contributed by atoms with Crippen molar-refractivity contribution in [2.75, 3.05) is 20.2 Å². The molecule has 110 valence electrons. The number of ether oxygens (including phenoxy) is 1. The second kappa shape index (κ2) is 6.14. The Morgan fingerprint density at radius 3 is 2.76 bits per heavy atom. The predicted octanol–water partition coefficient (Wildman–Crippen LogP) is 2.33. The first kappa shape index (κ1) is 13.9.